The monoisotopic (exact) mass is 303 g/mol. The molecule has 0 saturated carbocycles. The second kappa shape index (κ2) is 3.91. The zero-order valence-electron chi connectivity index (χ0n) is 7.79. The third-order valence-corrected chi connectivity index (χ3v) is 3.62. The molecule has 5 nitrogen and oxygen atoms in total. The molecule has 0 amide bonds. The van der Waals surface area contributed by atoms with Crippen LogP contribution in [0.2, 0.25) is 0 Å². The summed E-state index contributed by atoms with van der Waals surface area (Å²) < 4.78 is 28.1. The summed E-state index contributed by atoms with van der Waals surface area (Å²) in [6.45, 7) is 0. The lowest BCUT2D eigenvalue weighted by molar-refractivity contribution is 0.469. The number of sulfone groups is 1. The molecular weight excluding hydrogens is 298 g/mol. The Kier molecular flexibility index (Phi) is 2.73. The van der Waals surface area contributed by atoms with Gasteiger partial charge in [0.15, 0.2) is 0 Å². The molecular formula is C9H6BrNO4S. The normalized spacial score (nSPS) is 17.8. The van der Waals surface area contributed by atoms with Crippen molar-refractivity contribution in [2.45, 2.75) is 0 Å². The van der Waals surface area contributed by atoms with Crippen LogP contribution in [0, 0.1) is 0 Å². The highest BCUT2D eigenvalue weighted by molar-refractivity contribution is 9.11. The molecule has 16 heavy (non-hydrogen) atoms. The molecule has 2 rings (SSSR count). The van der Waals surface area contributed by atoms with Gasteiger partial charge >= 0.3 is 5.23 Å². The van der Waals surface area contributed by atoms with Crippen LogP contribution in [-0.4, -0.2) is 18.8 Å². The molecule has 1 heterocycles. The Balaban J connectivity index is 2.28. The second-order valence-corrected chi connectivity index (χ2v) is 5.45. The highest BCUT2D eigenvalue weighted by Gasteiger charge is 2.26. The number of halogens is 1. The van der Waals surface area contributed by atoms with Crippen molar-refractivity contribution in [2.75, 3.05) is 0 Å². The van der Waals surface area contributed by atoms with Gasteiger partial charge in [0.2, 0.25) is 0 Å². The molecule has 7 heteroatoms. The van der Waals surface area contributed by atoms with Crippen molar-refractivity contribution in [2.24, 2.45) is 4.99 Å². The summed E-state index contributed by atoms with van der Waals surface area (Å²) >= 11 is 2.95. The lowest BCUT2D eigenvalue weighted by atomic mass is 10.3. The van der Waals surface area contributed by atoms with Gasteiger partial charge < -0.3 is 9.84 Å². The summed E-state index contributed by atoms with van der Waals surface area (Å²) in [5.41, 5.74) is 0. The Labute approximate surface area is 100 Å². The van der Waals surface area contributed by atoms with E-state index < -0.39 is 15.1 Å². The molecule has 1 aromatic rings. The van der Waals surface area contributed by atoms with Gasteiger partial charge in [-0.05, 0) is 28.1 Å². The Morgan fingerprint density at radius 3 is 2.69 bits per heavy atom. The number of ether oxygens (including phenoxy) is 1. The van der Waals surface area contributed by atoms with Crippen molar-refractivity contribution in [1.82, 2.24) is 0 Å². The zero-order valence-corrected chi connectivity index (χ0v) is 10.2. The highest BCUT2D eigenvalue weighted by atomic mass is 79.9. The number of aliphatic imine (C=N–C) groups is 1. The summed E-state index contributed by atoms with van der Waals surface area (Å²) in [5.74, 6) is 0.193. The molecule has 0 radical (unpaired) electrons. The Morgan fingerprint density at radius 1 is 1.38 bits per heavy atom. The van der Waals surface area contributed by atoms with Gasteiger partial charge in [0.05, 0.1) is 5.41 Å². The van der Waals surface area contributed by atoms with Crippen LogP contribution in [-0.2, 0) is 9.84 Å². The molecule has 1 aromatic carbocycles. The van der Waals surface area contributed by atoms with E-state index in [1.165, 1.54) is 24.3 Å². The lowest BCUT2D eigenvalue weighted by Crippen LogP contribution is -2.15. The van der Waals surface area contributed by atoms with E-state index in [-0.39, 0.29) is 16.1 Å². The summed E-state index contributed by atoms with van der Waals surface area (Å²) in [6, 6.07) is 5.80. The smallest absolute Gasteiger partial charge is 0.320 e. The van der Waals surface area contributed by atoms with E-state index in [1.807, 2.05) is 0 Å². The van der Waals surface area contributed by atoms with Crippen molar-refractivity contribution in [3.8, 4) is 11.5 Å². The van der Waals surface area contributed by atoms with Crippen LogP contribution in [0.25, 0.3) is 0 Å². The van der Waals surface area contributed by atoms with Crippen molar-refractivity contribution < 1.29 is 18.3 Å². The predicted molar refractivity (Wildman–Crippen MR) is 62.1 cm³/mol. The van der Waals surface area contributed by atoms with Gasteiger partial charge in [-0.15, -0.1) is 0 Å². The summed E-state index contributed by atoms with van der Waals surface area (Å²) in [4.78, 5) is 3.67. The molecule has 1 aliphatic heterocycles. The SMILES string of the molecule is O=S1(=O)C=C(Br)N=C1Oc1cccc(O)c1. The first-order chi connectivity index (χ1) is 7.47. The van der Waals surface area contributed by atoms with Gasteiger partial charge in [0.25, 0.3) is 9.84 Å². The number of rotatable bonds is 1. The Bertz CT molecular complexity index is 591. The molecule has 0 unspecified atom stereocenters. The first-order valence-corrected chi connectivity index (χ1v) is 6.49. The van der Waals surface area contributed by atoms with Crippen molar-refractivity contribution in [1.29, 1.82) is 0 Å². The highest BCUT2D eigenvalue weighted by Crippen LogP contribution is 2.24. The van der Waals surface area contributed by atoms with E-state index in [0.29, 0.717) is 0 Å². The van der Waals surface area contributed by atoms with Gasteiger partial charge in [-0.25, -0.2) is 8.42 Å². The summed E-state index contributed by atoms with van der Waals surface area (Å²) in [6.07, 6.45) is 0. The van der Waals surface area contributed by atoms with E-state index in [1.54, 1.807) is 0 Å². The van der Waals surface area contributed by atoms with Crippen LogP contribution >= 0.6 is 15.9 Å². The Hall–Kier alpha value is -1.34. The predicted octanol–water partition coefficient (Wildman–Crippen LogP) is 1.75. The number of hydrogen-bond acceptors (Lipinski definition) is 5. The van der Waals surface area contributed by atoms with E-state index in [2.05, 4.69) is 20.9 Å². The van der Waals surface area contributed by atoms with Gasteiger partial charge in [0.1, 0.15) is 16.1 Å². The van der Waals surface area contributed by atoms with Crippen LogP contribution in [0.1, 0.15) is 0 Å². The van der Waals surface area contributed by atoms with Gasteiger partial charge in [-0.2, -0.15) is 4.99 Å². The van der Waals surface area contributed by atoms with Crippen molar-refractivity contribution in [3.63, 3.8) is 0 Å². The number of phenolic OH excluding ortho intramolecular Hbond substituents is 1. The number of phenols is 1. The van der Waals surface area contributed by atoms with E-state index in [9.17, 15) is 13.5 Å². The molecule has 0 atom stereocenters. The van der Waals surface area contributed by atoms with Crippen molar-refractivity contribution in [3.05, 3.63) is 34.3 Å². The first-order valence-electron chi connectivity index (χ1n) is 4.15. The zero-order chi connectivity index (χ0) is 11.8. The van der Waals surface area contributed by atoms with Gasteiger partial charge in [-0.1, -0.05) is 6.07 Å². The number of aromatic hydroxyl groups is 1. The fraction of sp³-hybridized carbons (Fsp3) is 0. The molecule has 0 spiro atoms. The topological polar surface area (TPSA) is 76.0 Å². The quantitative estimate of drug-likeness (QED) is 0.802. The van der Waals surface area contributed by atoms with E-state index in [0.717, 1.165) is 5.41 Å². The molecule has 0 aromatic heterocycles. The standard InChI is InChI=1S/C9H6BrNO4S/c10-8-5-16(13,14)9(11-8)15-7-3-1-2-6(12)4-7/h1-5,12H. The van der Waals surface area contributed by atoms with Crippen LogP contribution in [0.4, 0.5) is 0 Å². The fourth-order valence-electron chi connectivity index (χ4n) is 1.08. The molecule has 1 aliphatic rings. The first kappa shape index (κ1) is 11.2. The minimum atomic E-state index is -3.61. The molecule has 0 saturated heterocycles. The van der Waals surface area contributed by atoms with Crippen LogP contribution in [0.3, 0.4) is 0 Å². The van der Waals surface area contributed by atoms with E-state index >= 15 is 0 Å². The molecule has 0 fully saturated rings. The maximum absolute atomic E-state index is 11.4. The van der Waals surface area contributed by atoms with Crippen LogP contribution in [0.5, 0.6) is 11.5 Å². The van der Waals surface area contributed by atoms with Crippen LogP contribution in [0.15, 0.2) is 39.3 Å². The van der Waals surface area contributed by atoms with Crippen molar-refractivity contribution >= 4 is 31.0 Å². The molecule has 0 bridgehead atoms. The van der Waals surface area contributed by atoms with Gasteiger partial charge in [0, 0.05) is 6.07 Å². The summed E-state index contributed by atoms with van der Waals surface area (Å²) in [5, 5.41) is 9.71. The number of hydrogen-bond donors (Lipinski definition) is 1. The average Bonchev–Trinajstić information content (AvgIpc) is 2.39. The minimum absolute atomic E-state index is 0.0134. The third kappa shape index (κ3) is 2.25. The third-order valence-electron chi connectivity index (χ3n) is 1.72. The second-order valence-electron chi connectivity index (χ2n) is 2.96. The number of benzene rings is 1. The van der Waals surface area contributed by atoms with Gasteiger partial charge in [-0.3, -0.25) is 0 Å². The minimum Gasteiger partial charge on any atom is -0.508 e. The molecule has 84 valence electrons. The molecule has 1 N–H and O–H groups in total. The molecule has 0 aliphatic carbocycles. The Morgan fingerprint density at radius 2 is 2.12 bits per heavy atom. The fourth-order valence-corrected chi connectivity index (χ4v) is 2.95. The summed E-state index contributed by atoms with van der Waals surface area (Å²) in [7, 11) is -3.61. The average molecular weight is 304 g/mol. The van der Waals surface area contributed by atoms with E-state index in [4.69, 9.17) is 4.74 Å². The number of nitrogens with zero attached hydrogens (tertiary/aromatic N) is 1. The maximum atomic E-state index is 11.4. The largest absolute Gasteiger partial charge is 0.508 e. The maximum Gasteiger partial charge on any atom is 0.320 e. The van der Waals surface area contributed by atoms with Crippen LogP contribution < -0.4 is 4.74 Å². The lowest BCUT2D eigenvalue weighted by Gasteiger charge is -2.03.